The summed E-state index contributed by atoms with van der Waals surface area (Å²) in [6, 6.07) is 0. The second-order valence-electron chi connectivity index (χ2n) is 3.37. The average Bonchev–Trinajstić information content (AvgIpc) is 1.59. The van der Waals surface area contributed by atoms with Gasteiger partial charge in [0, 0.05) is 12.6 Å². The first-order valence-electron chi connectivity index (χ1n) is 3.40. The number of hydrogen-bond acceptors (Lipinski definition) is 3. The highest BCUT2D eigenvalue weighted by Gasteiger charge is 2.13. The summed E-state index contributed by atoms with van der Waals surface area (Å²) in [5.41, 5.74) is -0.0576. The van der Waals surface area contributed by atoms with Gasteiger partial charge in [-0.1, -0.05) is 0 Å². The Bertz CT molecular complexity index is 88.1. The minimum Gasteiger partial charge on any atom is -0.381 e. The molecule has 0 bridgehead atoms. The summed E-state index contributed by atoms with van der Waals surface area (Å²) >= 11 is 0. The first-order valence-corrected chi connectivity index (χ1v) is 3.40. The van der Waals surface area contributed by atoms with Crippen LogP contribution in [0.5, 0.6) is 0 Å². The molecule has 1 unspecified atom stereocenters. The number of ether oxygens (including phenoxy) is 1. The number of nitrogens with one attached hydrogen (secondary N) is 1. The molecule has 0 aliphatic rings. The number of hydrogen-bond donors (Lipinski definition) is 2. The van der Waals surface area contributed by atoms with Gasteiger partial charge in [-0.15, -0.1) is 0 Å². The van der Waals surface area contributed by atoms with Gasteiger partial charge in [0.2, 0.25) is 0 Å². The summed E-state index contributed by atoms with van der Waals surface area (Å²) in [7, 11) is 1.56. The van der Waals surface area contributed by atoms with E-state index in [9.17, 15) is 0 Å². The van der Waals surface area contributed by atoms with E-state index in [4.69, 9.17) is 9.84 Å². The smallest absolute Gasteiger partial charge is 0.128 e. The number of methoxy groups -OCH3 is 1. The van der Waals surface area contributed by atoms with Gasteiger partial charge in [-0.25, -0.2) is 0 Å². The zero-order chi connectivity index (χ0) is 8.20. The van der Waals surface area contributed by atoms with Gasteiger partial charge in [0.15, 0.2) is 0 Å². The van der Waals surface area contributed by atoms with Crippen LogP contribution in [0.1, 0.15) is 20.8 Å². The lowest BCUT2D eigenvalue weighted by Crippen LogP contribution is -2.45. The molecule has 1 atom stereocenters. The Morgan fingerprint density at radius 3 is 2.30 bits per heavy atom. The molecule has 0 radical (unpaired) electrons. The fraction of sp³-hybridized carbons (Fsp3) is 1.00. The first kappa shape index (κ1) is 9.88. The third kappa shape index (κ3) is 6.01. The van der Waals surface area contributed by atoms with Crippen LogP contribution in [0.25, 0.3) is 0 Å². The highest BCUT2D eigenvalue weighted by molar-refractivity contribution is 4.71. The van der Waals surface area contributed by atoms with Gasteiger partial charge < -0.3 is 9.84 Å². The standard InChI is InChI=1S/C7H17NO2/c1-7(2,3)8-6(9)5-10-4/h6,8-9H,5H2,1-4H3. The fourth-order valence-corrected chi connectivity index (χ4v) is 0.699. The minimum absolute atomic E-state index is 0.0576. The zero-order valence-corrected chi connectivity index (χ0v) is 7.14. The number of aliphatic hydroxyl groups excluding tert-OH is 1. The Labute approximate surface area is 62.4 Å². The molecule has 0 aromatic rings. The fourth-order valence-electron chi connectivity index (χ4n) is 0.699. The summed E-state index contributed by atoms with van der Waals surface area (Å²) in [5.74, 6) is 0. The molecule has 62 valence electrons. The van der Waals surface area contributed by atoms with Crippen molar-refractivity contribution >= 4 is 0 Å². The second-order valence-corrected chi connectivity index (χ2v) is 3.37. The van der Waals surface area contributed by atoms with E-state index in [1.54, 1.807) is 7.11 Å². The van der Waals surface area contributed by atoms with Crippen molar-refractivity contribution in [2.75, 3.05) is 13.7 Å². The van der Waals surface area contributed by atoms with Gasteiger partial charge >= 0.3 is 0 Å². The summed E-state index contributed by atoms with van der Waals surface area (Å²) in [6.45, 7) is 6.31. The molecule has 0 heterocycles. The molecule has 0 saturated carbocycles. The van der Waals surface area contributed by atoms with Gasteiger partial charge in [0.25, 0.3) is 0 Å². The van der Waals surface area contributed by atoms with Crippen LogP contribution in [0, 0.1) is 0 Å². The Balaban J connectivity index is 3.47. The van der Waals surface area contributed by atoms with Crippen LogP contribution < -0.4 is 5.32 Å². The summed E-state index contributed by atoms with van der Waals surface area (Å²) in [6.07, 6.45) is -0.565. The summed E-state index contributed by atoms with van der Waals surface area (Å²) < 4.78 is 4.74. The Kier molecular flexibility index (Phi) is 3.86. The van der Waals surface area contributed by atoms with Crippen molar-refractivity contribution in [1.29, 1.82) is 0 Å². The molecule has 2 N–H and O–H groups in total. The lowest BCUT2D eigenvalue weighted by molar-refractivity contribution is 0.0260. The van der Waals surface area contributed by atoms with E-state index < -0.39 is 6.23 Å². The van der Waals surface area contributed by atoms with Crippen LogP contribution >= 0.6 is 0 Å². The first-order chi connectivity index (χ1) is 4.45. The van der Waals surface area contributed by atoms with Crippen molar-refractivity contribution in [3.8, 4) is 0 Å². The monoisotopic (exact) mass is 147 g/mol. The predicted molar refractivity (Wildman–Crippen MR) is 40.8 cm³/mol. The molecular weight excluding hydrogens is 130 g/mol. The number of rotatable bonds is 3. The largest absolute Gasteiger partial charge is 0.381 e. The molecule has 0 fully saturated rings. The highest BCUT2D eigenvalue weighted by Crippen LogP contribution is 1.99. The number of aliphatic hydroxyl groups is 1. The molecule has 3 heteroatoms. The van der Waals surface area contributed by atoms with E-state index in [2.05, 4.69) is 5.32 Å². The summed E-state index contributed by atoms with van der Waals surface area (Å²) in [5, 5.41) is 12.1. The maximum Gasteiger partial charge on any atom is 0.128 e. The third-order valence-corrected chi connectivity index (χ3v) is 0.924. The van der Waals surface area contributed by atoms with Crippen LogP contribution in [0.3, 0.4) is 0 Å². The molecule has 0 saturated heterocycles. The average molecular weight is 147 g/mol. The third-order valence-electron chi connectivity index (χ3n) is 0.924. The van der Waals surface area contributed by atoms with Crippen LogP contribution in [-0.2, 0) is 4.74 Å². The molecule has 3 nitrogen and oxygen atoms in total. The summed E-state index contributed by atoms with van der Waals surface area (Å²) in [4.78, 5) is 0. The van der Waals surface area contributed by atoms with Gasteiger partial charge in [-0.3, -0.25) is 5.32 Å². The molecule has 0 aromatic heterocycles. The van der Waals surface area contributed by atoms with Crippen molar-refractivity contribution < 1.29 is 9.84 Å². The van der Waals surface area contributed by atoms with E-state index in [1.165, 1.54) is 0 Å². The van der Waals surface area contributed by atoms with E-state index in [-0.39, 0.29) is 5.54 Å². The van der Waals surface area contributed by atoms with Gasteiger partial charge in [0.05, 0.1) is 6.61 Å². The van der Waals surface area contributed by atoms with E-state index in [1.807, 2.05) is 20.8 Å². The molecule has 0 rings (SSSR count). The highest BCUT2D eigenvalue weighted by atomic mass is 16.5. The molecular formula is C7H17NO2. The topological polar surface area (TPSA) is 41.5 Å². The lowest BCUT2D eigenvalue weighted by Gasteiger charge is -2.24. The Morgan fingerprint density at radius 1 is 1.50 bits per heavy atom. The van der Waals surface area contributed by atoms with E-state index in [0.29, 0.717) is 6.61 Å². The SMILES string of the molecule is COCC(O)NC(C)(C)C. The quantitative estimate of drug-likeness (QED) is 0.566. The minimum atomic E-state index is -0.565. The molecule has 0 aromatic carbocycles. The van der Waals surface area contributed by atoms with Crippen molar-refractivity contribution in [2.24, 2.45) is 0 Å². The van der Waals surface area contributed by atoms with Crippen molar-refractivity contribution in [3.05, 3.63) is 0 Å². The maximum atomic E-state index is 9.15. The van der Waals surface area contributed by atoms with Crippen LogP contribution in [-0.4, -0.2) is 30.6 Å². The van der Waals surface area contributed by atoms with E-state index >= 15 is 0 Å². The Hall–Kier alpha value is -0.120. The van der Waals surface area contributed by atoms with Crippen LogP contribution in [0.2, 0.25) is 0 Å². The Morgan fingerprint density at radius 2 is 2.00 bits per heavy atom. The van der Waals surface area contributed by atoms with Crippen molar-refractivity contribution in [3.63, 3.8) is 0 Å². The molecule has 10 heavy (non-hydrogen) atoms. The lowest BCUT2D eigenvalue weighted by atomic mass is 10.1. The molecule has 0 amide bonds. The van der Waals surface area contributed by atoms with Crippen LogP contribution in [0.15, 0.2) is 0 Å². The molecule has 0 aliphatic heterocycles. The maximum absolute atomic E-state index is 9.15. The van der Waals surface area contributed by atoms with Crippen LogP contribution in [0.4, 0.5) is 0 Å². The van der Waals surface area contributed by atoms with Crippen molar-refractivity contribution in [2.45, 2.75) is 32.5 Å². The second kappa shape index (κ2) is 3.91. The molecule has 0 aliphatic carbocycles. The van der Waals surface area contributed by atoms with Gasteiger partial charge in [-0.05, 0) is 20.8 Å². The normalized spacial score (nSPS) is 15.3. The zero-order valence-electron chi connectivity index (χ0n) is 7.14. The van der Waals surface area contributed by atoms with Crippen molar-refractivity contribution in [1.82, 2.24) is 5.32 Å². The van der Waals surface area contributed by atoms with E-state index in [0.717, 1.165) is 0 Å². The van der Waals surface area contributed by atoms with Gasteiger partial charge in [0.1, 0.15) is 6.23 Å². The molecule has 0 spiro atoms. The van der Waals surface area contributed by atoms with Gasteiger partial charge in [-0.2, -0.15) is 0 Å². The predicted octanol–water partition coefficient (Wildman–Crippen LogP) is 0.339.